The van der Waals surface area contributed by atoms with E-state index in [9.17, 15) is 8.42 Å². The molecule has 2 aromatic heterocycles. The normalized spacial score (nSPS) is 16.7. The number of hydrogen-bond donors (Lipinski definition) is 2. The molecule has 0 aliphatic carbocycles. The minimum Gasteiger partial charge on any atom is -0.428 e. The van der Waals surface area contributed by atoms with Gasteiger partial charge in [-0.25, -0.2) is 13.1 Å². The fraction of sp³-hybridized carbons (Fsp3) is 0.500. The van der Waals surface area contributed by atoms with Crippen LogP contribution in [0.5, 0.6) is 0 Å². The van der Waals surface area contributed by atoms with Gasteiger partial charge in [-0.05, 0) is 76.6 Å². The number of piperidine rings is 2. The summed E-state index contributed by atoms with van der Waals surface area (Å²) in [7, 11) is -3.84. The maximum Gasteiger partial charge on any atom is 0.309 e. The van der Waals surface area contributed by atoms with Gasteiger partial charge < -0.3 is 19.5 Å². The Morgan fingerprint density at radius 1 is 0.778 bits per heavy atom. The minimum absolute atomic E-state index is 0.0483. The number of nitrogens with zero attached hydrogens (tertiary/aromatic N) is 6. The molecule has 0 radical (unpaired) electrons. The molecule has 0 unspecified atom stereocenters. The molecule has 0 spiro atoms. The molecule has 0 amide bonds. The first-order valence-corrected chi connectivity index (χ1v) is 14.0. The van der Waals surface area contributed by atoms with Crippen LogP contribution in [0.3, 0.4) is 0 Å². The average molecular weight is 513 g/mol. The van der Waals surface area contributed by atoms with Crippen LogP contribution in [0, 0.1) is 13.8 Å². The topological polar surface area (TPSA) is 129 Å². The molecule has 1 aromatic carbocycles. The van der Waals surface area contributed by atoms with Crippen LogP contribution in [-0.2, 0) is 10.0 Å². The first-order chi connectivity index (χ1) is 17.4. The van der Waals surface area contributed by atoms with Gasteiger partial charge in [-0.2, -0.15) is 19.9 Å². The Bertz CT molecular complexity index is 1240. The molecule has 2 N–H and O–H groups in total. The van der Waals surface area contributed by atoms with Gasteiger partial charge in [0, 0.05) is 31.9 Å². The van der Waals surface area contributed by atoms with Gasteiger partial charge in [-0.1, -0.05) is 0 Å². The summed E-state index contributed by atoms with van der Waals surface area (Å²) in [5.74, 6) is 2.39. The van der Waals surface area contributed by atoms with Crippen molar-refractivity contribution in [3.05, 3.63) is 35.7 Å². The zero-order valence-corrected chi connectivity index (χ0v) is 21.5. The van der Waals surface area contributed by atoms with Crippen LogP contribution in [-0.4, -0.2) is 54.5 Å². The van der Waals surface area contributed by atoms with E-state index in [1.807, 2.05) is 0 Å². The number of aromatic nitrogens is 4. The van der Waals surface area contributed by atoms with E-state index in [4.69, 9.17) is 19.4 Å². The van der Waals surface area contributed by atoms with Crippen molar-refractivity contribution in [2.75, 3.05) is 46.0 Å². The van der Waals surface area contributed by atoms with Crippen molar-refractivity contribution in [2.45, 2.75) is 57.3 Å². The monoisotopic (exact) mass is 512 g/mol. The summed E-state index contributed by atoms with van der Waals surface area (Å²) in [5, 5.41) is 3.24. The Balaban J connectivity index is 1.36. The van der Waals surface area contributed by atoms with E-state index >= 15 is 0 Å². The molecular formula is C24H32N8O3S. The van der Waals surface area contributed by atoms with Crippen LogP contribution < -0.4 is 19.8 Å². The summed E-state index contributed by atoms with van der Waals surface area (Å²) >= 11 is 0. The number of sulfonamides is 1. The summed E-state index contributed by atoms with van der Waals surface area (Å²) in [5.41, 5.74) is 1.31. The molecule has 2 aliphatic rings. The third-order valence-corrected chi connectivity index (χ3v) is 7.90. The van der Waals surface area contributed by atoms with E-state index < -0.39 is 10.0 Å². The first kappa shape index (κ1) is 24.3. The maximum atomic E-state index is 12.8. The number of anilines is 5. The van der Waals surface area contributed by atoms with Gasteiger partial charge in [0.25, 0.3) is 10.0 Å². The molecule has 0 atom stereocenters. The lowest BCUT2D eigenvalue weighted by atomic mass is 10.1. The molecule has 2 saturated heterocycles. The lowest BCUT2D eigenvalue weighted by molar-refractivity contribution is 0.541. The molecule has 4 heterocycles. The Morgan fingerprint density at radius 3 is 1.83 bits per heavy atom. The van der Waals surface area contributed by atoms with Crippen molar-refractivity contribution < 1.29 is 12.8 Å². The van der Waals surface area contributed by atoms with Crippen LogP contribution >= 0.6 is 0 Å². The minimum atomic E-state index is -3.84. The Hall–Kier alpha value is -3.41. The number of nitrogens with one attached hydrogen (secondary N) is 2. The Kier molecular flexibility index (Phi) is 6.95. The average Bonchev–Trinajstić information content (AvgIpc) is 3.20. The summed E-state index contributed by atoms with van der Waals surface area (Å²) in [6, 6.07) is 6.36. The van der Waals surface area contributed by atoms with Gasteiger partial charge in [0.05, 0.1) is 10.6 Å². The lowest BCUT2D eigenvalue weighted by Crippen LogP contribution is -2.34. The second kappa shape index (κ2) is 10.3. The molecule has 11 nitrogen and oxygen atoms in total. The highest BCUT2D eigenvalue weighted by Gasteiger charge is 2.21. The fourth-order valence-electron chi connectivity index (χ4n) is 4.42. The standard InChI is InChI=1S/C24H32N8O3S/c1-17-18(2)35-24(25-17)30-36(33,34)20-11-9-19(10-12-20)26-21-27-22(31-13-5-3-6-14-31)29-23(28-21)32-15-7-4-8-16-32/h9-12H,3-8,13-16H2,1-2H3,(H,25,30)(H,26,27,28,29). The van der Waals surface area contributed by atoms with Crippen LogP contribution in [0.4, 0.5) is 29.5 Å². The zero-order valence-electron chi connectivity index (χ0n) is 20.7. The van der Waals surface area contributed by atoms with Crippen molar-refractivity contribution in [1.29, 1.82) is 0 Å². The highest BCUT2D eigenvalue weighted by atomic mass is 32.2. The largest absolute Gasteiger partial charge is 0.428 e. The van der Waals surface area contributed by atoms with Crippen LogP contribution in [0.2, 0.25) is 0 Å². The molecule has 0 saturated carbocycles. The summed E-state index contributed by atoms with van der Waals surface area (Å²) in [4.78, 5) is 22.8. The highest BCUT2D eigenvalue weighted by molar-refractivity contribution is 7.92. The second-order valence-corrected chi connectivity index (χ2v) is 11.0. The van der Waals surface area contributed by atoms with Gasteiger partial charge in [0.15, 0.2) is 0 Å². The molecule has 12 heteroatoms. The summed E-state index contributed by atoms with van der Waals surface area (Å²) in [6.07, 6.45) is 6.97. The van der Waals surface area contributed by atoms with Crippen molar-refractivity contribution in [1.82, 2.24) is 19.9 Å². The third kappa shape index (κ3) is 5.53. The summed E-state index contributed by atoms with van der Waals surface area (Å²) < 4.78 is 33.2. The number of benzene rings is 1. The van der Waals surface area contributed by atoms with Crippen molar-refractivity contribution in [2.24, 2.45) is 0 Å². The molecule has 2 fully saturated rings. The second-order valence-electron chi connectivity index (χ2n) is 9.27. The number of hydrogen-bond acceptors (Lipinski definition) is 10. The van der Waals surface area contributed by atoms with Gasteiger partial charge in [0.1, 0.15) is 5.76 Å². The predicted octanol–water partition coefficient (Wildman–Crippen LogP) is 4.00. The van der Waals surface area contributed by atoms with Crippen LogP contribution in [0.25, 0.3) is 0 Å². The van der Waals surface area contributed by atoms with Crippen molar-refractivity contribution in [3.63, 3.8) is 0 Å². The molecular weight excluding hydrogens is 480 g/mol. The molecule has 2 aliphatic heterocycles. The molecule has 36 heavy (non-hydrogen) atoms. The van der Waals surface area contributed by atoms with Crippen molar-refractivity contribution in [3.8, 4) is 0 Å². The van der Waals surface area contributed by atoms with E-state index in [1.165, 1.54) is 25.0 Å². The van der Waals surface area contributed by atoms with E-state index in [0.717, 1.165) is 51.9 Å². The Morgan fingerprint density at radius 2 is 1.33 bits per heavy atom. The summed E-state index contributed by atoms with van der Waals surface area (Å²) in [6.45, 7) is 7.23. The van der Waals surface area contributed by atoms with Gasteiger partial charge in [-0.3, -0.25) is 0 Å². The smallest absolute Gasteiger partial charge is 0.309 e. The quantitative estimate of drug-likeness (QED) is 0.479. The highest BCUT2D eigenvalue weighted by Crippen LogP contribution is 2.25. The molecule has 5 rings (SSSR count). The van der Waals surface area contributed by atoms with Gasteiger partial charge in [-0.15, -0.1) is 0 Å². The zero-order chi connectivity index (χ0) is 25.1. The van der Waals surface area contributed by atoms with Crippen molar-refractivity contribution >= 4 is 39.6 Å². The SMILES string of the molecule is Cc1nc(NS(=O)(=O)c2ccc(Nc3nc(N4CCCCC4)nc(N4CCCCC4)n3)cc2)oc1C. The van der Waals surface area contributed by atoms with E-state index in [-0.39, 0.29) is 10.9 Å². The fourth-order valence-corrected chi connectivity index (χ4v) is 5.35. The van der Waals surface area contributed by atoms with Crippen LogP contribution in [0.15, 0.2) is 33.6 Å². The van der Waals surface area contributed by atoms with Crippen LogP contribution in [0.1, 0.15) is 50.0 Å². The van der Waals surface area contributed by atoms with E-state index in [0.29, 0.717) is 35.0 Å². The lowest BCUT2D eigenvalue weighted by Gasteiger charge is -2.30. The Labute approximate surface area is 211 Å². The maximum absolute atomic E-state index is 12.8. The third-order valence-electron chi connectivity index (χ3n) is 6.56. The van der Waals surface area contributed by atoms with Gasteiger partial charge >= 0.3 is 6.01 Å². The molecule has 3 aromatic rings. The van der Waals surface area contributed by atoms with E-state index in [1.54, 1.807) is 26.0 Å². The van der Waals surface area contributed by atoms with Gasteiger partial charge in [0.2, 0.25) is 17.8 Å². The predicted molar refractivity (Wildman–Crippen MR) is 138 cm³/mol. The number of oxazole rings is 1. The number of aryl methyl sites for hydroxylation is 2. The molecule has 0 bridgehead atoms. The molecule has 192 valence electrons. The number of rotatable bonds is 7. The van der Waals surface area contributed by atoms with E-state index in [2.05, 4.69) is 24.8 Å². The first-order valence-electron chi connectivity index (χ1n) is 12.5.